The summed E-state index contributed by atoms with van der Waals surface area (Å²) < 4.78 is 37.2. The highest BCUT2D eigenvalue weighted by Gasteiger charge is 2.18. The molecule has 0 atom stereocenters. The SMILES string of the molecule is O=C(O)c1ccc(Oc2ccc(S(=O)(=O)c3ccc(Oc4ccccc4)cc3)cc2)cc1. The fraction of sp³-hybridized carbons (Fsp3) is 0. The Morgan fingerprint density at radius 2 is 0.938 bits per heavy atom. The van der Waals surface area contributed by atoms with Crippen molar-refractivity contribution in [2.75, 3.05) is 0 Å². The molecule has 0 aliphatic heterocycles. The first kappa shape index (κ1) is 21.1. The topological polar surface area (TPSA) is 89.9 Å². The van der Waals surface area contributed by atoms with Gasteiger partial charge in [-0.05, 0) is 84.9 Å². The molecule has 6 nitrogen and oxygen atoms in total. The number of ether oxygens (including phenoxy) is 2. The summed E-state index contributed by atoms with van der Waals surface area (Å²) >= 11 is 0. The van der Waals surface area contributed by atoms with Gasteiger partial charge in [0.1, 0.15) is 23.0 Å². The van der Waals surface area contributed by atoms with E-state index < -0.39 is 15.8 Å². The molecule has 0 amide bonds. The number of sulfone groups is 1. The molecule has 0 aliphatic rings. The number of rotatable bonds is 7. The second-order valence-corrected chi connectivity index (χ2v) is 8.74. The molecule has 7 heteroatoms. The Bertz CT molecular complexity index is 1310. The second-order valence-electron chi connectivity index (χ2n) is 6.79. The van der Waals surface area contributed by atoms with Gasteiger partial charge in [-0.2, -0.15) is 0 Å². The predicted octanol–water partition coefficient (Wildman–Crippen LogP) is 5.80. The van der Waals surface area contributed by atoms with E-state index in [-0.39, 0.29) is 15.4 Å². The van der Waals surface area contributed by atoms with E-state index in [0.29, 0.717) is 23.0 Å². The minimum absolute atomic E-state index is 0.128. The van der Waals surface area contributed by atoms with Crippen LogP contribution in [0.5, 0.6) is 23.0 Å². The molecule has 0 saturated carbocycles. The zero-order valence-electron chi connectivity index (χ0n) is 16.7. The van der Waals surface area contributed by atoms with Crippen molar-refractivity contribution in [2.45, 2.75) is 9.79 Å². The van der Waals surface area contributed by atoms with E-state index in [2.05, 4.69) is 0 Å². The largest absolute Gasteiger partial charge is 0.478 e. The van der Waals surface area contributed by atoms with Crippen molar-refractivity contribution in [3.05, 3.63) is 109 Å². The quantitative estimate of drug-likeness (QED) is 0.386. The molecule has 0 aromatic heterocycles. The molecule has 0 bridgehead atoms. The Morgan fingerprint density at radius 1 is 0.562 bits per heavy atom. The van der Waals surface area contributed by atoms with Crippen molar-refractivity contribution in [1.29, 1.82) is 0 Å². The summed E-state index contributed by atoms with van der Waals surface area (Å²) in [5.74, 6) is 1.05. The van der Waals surface area contributed by atoms with Gasteiger partial charge in [0.25, 0.3) is 0 Å². The molecule has 0 heterocycles. The minimum atomic E-state index is -3.71. The minimum Gasteiger partial charge on any atom is -0.478 e. The number of hydrogen-bond donors (Lipinski definition) is 1. The fourth-order valence-electron chi connectivity index (χ4n) is 2.94. The molecule has 0 aliphatic carbocycles. The Labute approximate surface area is 185 Å². The van der Waals surface area contributed by atoms with Gasteiger partial charge in [0.05, 0.1) is 15.4 Å². The lowest BCUT2D eigenvalue weighted by molar-refractivity contribution is 0.0697. The van der Waals surface area contributed by atoms with E-state index in [9.17, 15) is 13.2 Å². The maximum Gasteiger partial charge on any atom is 0.335 e. The van der Waals surface area contributed by atoms with Gasteiger partial charge in [0.2, 0.25) is 9.84 Å². The molecular weight excluding hydrogens is 428 g/mol. The van der Waals surface area contributed by atoms with E-state index in [1.54, 1.807) is 24.3 Å². The monoisotopic (exact) mass is 446 g/mol. The first-order chi connectivity index (χ1) is 15.4. The number of carboxylic acid groups (broad SMARTS) is 1. The van der Waals surface area contributed by atoms with E-state index >= 15 is 0 Å². The van der Waals surface area contributed by atoms with Gasteiger partial charge >= 0.3 is 5.97 Å². The summed E-state index contributed by atoms with van der Waals surface area (Å²) in [5, 5.41) is 8.94. The molecule has 0 fully saturated rings. The van der Waals surface area contributed by atoms with E-state index in [0.717, 1.165) is 0 Å². The van der Waals surface area contributed by atoms with Crippen molar-refractivity contribution in [2.24, 2.45) is 0 Å². The van der Waals surface area contributed by atoms with Gasteiger partial charge in [0.15, 0.2) is 0 Å². The van der Waals surface area contributed by atoms with Crippen LogP contribution >= 0.6 is 0 Å². The van der Waals surface area contributed by atoms with Crippen LogP contribution in [0, 0.1) is 0 Å². The summed E-state index contributed by atoms with van der Waals surface area (Å²) in [6.45, 7) is 0. The van der Waals surface area contributed by atoms with Crippen molar-refractivity contribution in [3.63, 3.8) is 0 Å². The van der Waals surface area contributed by atoms with Crippen molar-refractivity contribution in [1.82, 2.24) is 0 Å². The third-order valence-electron chi connectivity index (χ3n) is 4.58. The number of carbonyl (C=O) groups is 1. The van der Waals surface area contributed by atoms with E-state index in [1.807, 2.05) is 30.3 Å². The molecule has 4 aromatic rings. The van der Waals surface area contributed by atoms with Crippen LogP contribution in [0.4, 0.5) is 0 Å². The van der Waals surface area contributed by atoms with Crippen LogP contribution in [0.15, 0.2) is 113 Å². The Hall–Kier alpha value is -4.10. The average Bonchev–Trinajstić information content (AvgIpc) is 2.81. The first-order valence-electron chi connectivity index (χ1n) is 9.61. The number of aromatic carboxylic acids is 1. The van der Waals surface area contributed by atoms with Crippen LogP contribution in [0.2, 0.25) is 0 Å². The van der Waals surface area contributed by atoms with Crippen LogP contribution in [0.25, 0.3) is 0 Å². The normalized spacial score (nSPS) is 11.0. The summed E-state index contributed by atoms with van der Waals surface area (Å²) in [6.07, 6.45) is 0. The van der Waals surface area contributed by atoms with Crippen LogP contribution in [-0.2, 0) is 9.84 Å². The number of benzene rings is 4. The lowest BCUT2D eigenvalue weighted by Gasteiger charge is -2.09. The molecule has 32 heavy (non-hydrogen) atoms. The van der Waals surface area contributed by atoms with Gasteiger partial charge in [-0.3, -0.25) is 0 Å². The van der Waals surface area contributed by atoms with Gasteiger partial charge in [-0.1, -0.05) is 18.2 Å². The maximum absolute atomic E-state index is 12.9. The standard InChI is InChI=1S/C25H18O6S/c26-25(27)18-6-8-20(9-7-18)31-22-12-16-24(17-13-22)32(28,29)23-14-10-21(11-15-23)30-19-4-2-1-3-5-19/h1-17H,(H,26,27). The first-order valence-corrected chi connectivity index (χ1v) is 11.1. The van der Waals surface area contributed by atoms with Crippen molar-refractivity contribution in [3.8, 4) is 23.0 Å². The Kier molecular flexibility index (Phi) is 5.91. The summed E-state index contributed by atoms with van der Waals surface area (Å²) in [7, 11) is -3.71. The summed E-state index contributed by atoms with van der Waals surface area (Å²) in [4.78, 5) is 11.2. The van der Waals surface area contributed by atoms with E-state index in [1.165, 1.54) is 48.5 Å². The van der Waals surface area contributed by atoms with Gasteiger partial charge < -0.3 is 14.6 Å². The zero-order valence-corrected chi connectivity index (χ0v) is 17.5. The Balaban J connectivity index is 1.47. The van der Waals surface area contributed by atoms with Crippen LogP contribution in [0.3, 0.4) is 0 Å². The number of hydrogen-bond acceptors (Lipinski definition) is 5. The Morgan fingerprint density at radius 3 is 1.34 bits per heavy atom. The molecule has 0 radical (unpaired) electrons. The van der Waals surface area contributed by atoms with Gasteiger partial charge in [-0.25, -0.2) is 13.2 Å². The van der Waals surface area contributed by atoms with Gasteiger partial charge in [-0.15, -0.1) is 0 Å². The predicted molar refractivity (Wildman–Crippen MR) is 118 cm³/mol. The van der Waals surface area contributed by atoms with E-state index in [4.69, 9.17) is 14.6 Å². The second kappa shape index (κ2) is 8.95. The molecular formula is C25H18O6S. The van der Waals surface area contributed by atoms with Gasteiger partial charge in [0, 0.05) is 0 Å². The lowest BCUT2D eigenvalue weighted by atomic mass is 10.2. The molecule has 160 valence electrons. The third kappa shape index (κ3) is 4.79. The molecule has 1 N–H and O–H groups in total. The lowest BCUT2D eigenvalue weighted by Crippen LogP contribution is -2.02. The number of carboxylic acids is 1. The molecule has 0 saturated heterocycles. The van der Waals surface area contributed by atoms with Crippen LogP contribution < -0.4 is 9.47 Å². The molecule has 0 spiro atoms. The van der Waals surface area contributed by atoms with Crippen molar-refractivity contribution < 1.29 is 27.8 Å². The highest BCUT2D eigenvalue weighted by atomic mass is 32.2. The summed E-state index contributed by atoms with van der Waals surface area (Å²) in [6, 6.07) is 27.4. The summed E-state index contributed by atoms with van der Waals surface area (Å²) in [5.41, 5.74) is 0.152. The molecule has 0 unspecified atom stereocenters. The average molecular weight is 446 g/mol. The van der Waals surface area contributed by atoms with Crippen LogP contribution in [-0.4, -0.2) is 19.5 Å². The molecule has 4 rings (SSSR count). The van der Waals surface area contributed by atoms with Crippen LogP contribution in [0.1, 0.15) is 10.4 Å². The number of para-hydroxylation sites is 1. The zero-order chi connectivity index (χ0) is 22.6. The highest BCUT2D eigenvalue weighted by Crippen LogP contribution is 2.28. The third-order valence-corrected chi connectivity index (χ3v) is 6.37. The molecule has 4 aromatic carbocycles. The smallest absolute Gasteiger partial charge is 0.335 e. The fourth-order valence-corrected chi connectivity index (χ4v) is 4.20. The van der Waals surface area contributed by atoms with Crippen molar-refractivity contribution >= 4 is 15.8 Å². The maximum atomic E-state index is 12.9. The highest BCUT2D eigenvalue weighted by molar-refractivity contribution is 7.91.